The molecule has 2 fully saturated rings. The second-order valence-corrected chi connectivity index (χ2v) is 6.31. The Morgan fingerprint density at radius 2 is 2.18 bits per heavy atom. The summed E-state index contributed by atoms with van der Waals surface area (Å²) < 4.78 is 5.66. The molecule has 2 atom stereocenters. The van der Waals surface area contributed by atoms with Crippen LogP contribution in [0.2, 0.25) is 0 Å². The number of hydrogen-bond donors (Lipinski definition) is 1. The first-order valence-electron chi connectivity index (χ1n) is 8.48. The molecule has 0 saturated carbocycles. The average Bonchev–Trinajstić information content (AvgIpc) is 3.03. The number of ether oxygens (including phenoxy) is 1. The fourth-order valence-electron chi connectivity index (χ4n) is 3.50. The van der Waals surface area contributed by atoms with Crippen molar-refractivity contribution in [2.24, 2.45) is 0 Å². The molecule has 2 aliphatic heterocycles. The Hall–Kier alpha value is -1.39. The third-order valence-corrected chi connectivity index (χ3v) is 4.71. The van der Waals surface area contributed by atoms with Gasteiger partial charge in [-0.15, -0.1) is 0 Å². The highest BCUT2D eigenvalue weighted by atomic mass is 16.5. The maximum atomic E-state index is 12.6. The molecule has 0 radical (unpaired) electrons. The van der Waals surface area contributed by atoms with E-state index in [1.54, 1.807) is 0 Å². The summed E-state index contributed by atoms with van der Waals surface area (Å²) in [5.41, 5.74) is 1.36. The maximum absolute atomic E-state index is 12.6. The lowest BCUT2D eigenvalue weighted by Crippen LogP contribution is -2.43. The third kappa shape index (κ3) is 4.08. The molecule has 1 aromatic carbocycles. The molecule has 3 rings (SSSR count). The third-order valence-electron chi connectivity index (χ3n) is 4.71. The summed E-state index contributed by atoms with van der Waals surface area (Å²) in [5, 5.41) is 3.29. The van der Waals surface area contributed by atoms with E-state index in [0.717, 1.165) is 51.9 Å². The van der Waals surface area contributed by atoms with E-state index in [4.69, 9.17) is 4.74 Å². The van der Waals surface area contributed by atoms with Gasteiger partial charge in [0.1, 0.15) is 0 Å². The smallest absolute Gasteiger partial charge is 0.225 e. The Balaban J connectivity index is 1.50. The van der Waals surface area contributed by atoms with Crippen LogP contribution < -0.4 is 5.32 Å². The van der Waals surface area contributed by atoms with Gasteiger partial charge in [-0.2, -0.15) is 0 Å². The molecule has 1 aromatic rings. The van der Waals surface area contributed by atoms with E-state index in [9.17, 15) is 4.79 Å². The van der Waals surface area contributed by atoms with Crippen LogP contribution in [-0.4, -0.2) is 49.2 Å². The lowest BCUT2D eigenvalue weighted by molar-refractivity contribution is -0.135. The standard InChI is InChI=1S/C18H26N2O2/c21-18(13-17-14-19-10-12-22-17)20-11-4-7-16(20)9-8-15-5-2-1-3-6-15/h1-3,5-6,16-17,19H,4,7-14H2. The first-order chi connectivity index (χ1) is 10.8. The second-order valence-electron chi connectivity index (χ2n) is 6.31. The maximum Gasteiger partial charge on any atom is 0.225 e. The van der Waals surface area contributed by atoms with E-state index in [1.165, 1.54) is 5.56 Å². The number of amides is 1. The summed E-state index contributed by atoms with van der Waals surface area (Å²) in [6.45, 7) is 3.33. The van der Waals surface area contributed by atoms with Gasteiger partial charge in [-0.25, -0.2) is 0 Å². The molecule has 22 heavy (non-hydrogen) atoms. The van der Waals surface area contributed by atoms with Gasteiger partial charge in [0.05, 0.1) is 19.1 Å². The normalized spacial score (nSPS) is 25.4. The summed E-state index contributed by atoms with van der Waals surface area (Å²) >= 11 is 0. The molecule has 1 amide bonds. The number of nitrogens with one attached hydrogen (secondary N) is 1. The van der Waals surface area contributed by atoms with Crippen LogP contribution >= 0.6 is 0 Å². The summed E-state index contributed by atoms with van der Waals surface area (Å²) in [4.78, 5) is 14.7. The molecule has 2 aliphatic rings. The Labute approximate surface area is 132 Å². The fourth-order valence-corrected chi connectivity index (χ4v) is 3.50. The zero-order chi connectivity index (χ0) is 15.2. The summed E-state index contributed by atoms with van der Waals surface area (Å²) in [6, 6.07) is 11.0. The molecule has 1 N–H and O–H groups in total. The fraction of sp³-hybridized carbons (Fsp3) is 0.611. The van der Waals surface area contributed by atoms with Crippen molar-refractivity contribution in [3.05, 3.63) is 35.9 Å². The van der Waals surface area contributed by atoms with Crippen molar-refractivity contribution < 1.29 is 9.53 Å². The number of carbonyl (C=O) groups is 1. The van der Waals surface area contributed by atoms with Crippen molar-refractivity contribution in [1.82, 2.24) is 10.2 Å². The molecule has 2 heterocycles. The van der Waals surface area contributed by atoms with Crippen LogP contribution in [0.1, 0.15) is 31.2 Å². The van der Waals surface area contributed by atoms with Gasteiger partial charge in [-0.1, -0.05) is 30.3 Å². The minimum absolute atomic E-state index is 0.0524. The highest BCUT2D eigenvalue weighted by Crippen LogP contribution is 2.23. The number of likely N-dealkylation sites (tertiary alicyclic amines) is 1. The predicted octanol–water partition coefficient (Wildman–Crippen LogP) is 1.99. The SMILES string of the molecule is O=C(CC1CNCCO1)N1CCCC1CCc1ccccc1. The molecule has 0 spiro atoms. The number of carbonyl (C=O) groups excluding carboxylic acids is 1. The first-order valence-corrected chi connectivity index (χ1v) is 8.48. The second kappa shape index (κ2) is 7.75. The van der Waals surface area contributed by atoms with Gasteiger partial charge in [0.2, 0.25) is 5.91 Å². The Kier molecular flexibility index (Phi) is 5.46. The quantitative estimate of drug-likeness (QED) is 0.904. The highest BCUT2D eigenvalue weighted by molar-refractivity contribution is 5.77. The monoisotopic (exact) mass is 302 g/mol. The van der Waals surface area contributed by atoms with Crippen molar-refractivity contribution in [3.8, 4) is 0 Å². The van der Waals surface area contributed by atoms with Gasteiger partial charge in [-0.05, 0) is 31.2 Å². The van der Waals surface area contributed by atoms with Crippen LogP contribution in [0.25, 0.3) is 0 Å². The van der Waals surface area contributed by atoms with E-state index < -0.39 is 0 Å². The van der Waals surface area contributed by atoms with Crippen LogP contribution in [-0.2, 0) is 16.0 Å². The molecule has 0 bridgehead atoms. The first kappa shape index (κ1) is 15.5. The van der Waals surface area contributed by atoms with Crippen LogP contribution in [0.3, 0.4) is 0 Å². The zero-order valence-corrected chi connectivity index (χ0v) is 13.2. The van der Waals surface area contributed by atoms with E-state index >= 15 is 0 Å². The van der Waals surface area contributed by atoms with Crippen molar-refractivity contribution in [3.63, 3.8) is 0 Å². The topological polar surface area (TPSA) is 41.6 Å². The van der Waals surface area contributed by atoms with Crippen molar-refractivity contribution in [1.29, 1.82) is 0 Å². The number of hydrogen-bond acceptors (Lipinski definition) is 3. The molecule has 2 saturated heterocycles. The number of nitrogens with zero attached hydrogens (tertiary/aromatic N) is 1. The van der Waals surface area contributed by atoms with Crippen molar-refractivity contribution >= 4 is 5.91 Å². The van der Waals surface area contributed by atoms with Gasteiger partial charge in [-0.3, -0.25) is 4.79 Å². The van der Waals surface area contributed by atoms with E-state index in [-0.39, 0.29) is 12.0 Å². The molecule has 0 aromatic heterocycles. The van der Waals surface area contributed by atoms with Gasteiger partial charge in [0, 0.05) is 25.7 Å². The van der Waals surface area contributed by atoms with Crippen LogP contribution in [0, 0.1) is 0 Å². The van der Waals surface area contributed by atoms with Crippen LogP contribution in [0.4, 0.5) is 0 Å². The molecular weight excluding hydrogens is 276 g/mol. The molecule has 2 unspecified atom stereocenters. The predicted molar refractivity (Wildman–Crippen MR) is 86.7 cm³/mol. The Bertz CT molecular complexity index is 471. The van der Waals surface area contributed by atoms with E-state index in [1.807, 2.05) is 6.07 Å². The van der Waals surface area contributed by atoms with E-state index in [0.29, 0.717) is 12.5 Å². The van der Waals surface area contributed by atoms with Crippen LogP contribution in [0.15, 0.2) is 30.3 Å². The number of aryl methyl sites for hydroxylation is 1. The lowest BCUT2D eigenvalue weighted by atomic mass is 10.0. The lowest BCUT2D eigenvalue weighted by Gasteiger charge is -2.28. The van der Waals surface area contributed by atoms with Gasteiger partial charge < -0.3 is 15.0 Å². The summed E-state index contributed by atoms with van der Waals surface area (Å²) in [5.74, 6) is 0.268. The number of morpholine rings is 1. The molecule has 0 aliphatic carbocycles. The average molecular weight is 302 g/mol. The summed E-state index contributed by atoms with van der Waals surface area (Å²) in [6.07, 6.45) is 4.97. The minimum Gasteiger partial charge on any atom is -0.375 e. The largest absolute Gasteiger partial charge is 0.375 e. The van der Waals surface area contributed by atoms with Gasteiger partial charge in [0.25, 0.3) is 0 Å². The Morgan fingerprint density at radius 1 is 1.32 bits per heavy atom. The summed E-state index contributed by atoms with van der Waals surface area (Å²) in [7, 11) is 0. The van der Waals surface area contributed by atoms with Crippen molar-refractivity contribution in [2.75, 3.05) is 26.2 Å². The highest BCUT2D eigenvalue weighted by Gasteiger charge is 2.30. The van der Waals surface area contributed by atoms with Crippen LogP contribution in [0.5, 0.6) is 0 Å². The van der Waals surface area contributed by atoms with Gasteiger partial charge >= 0.3 is 0 Å². The minimum atomic E-state index is 0.0524. The number of rotatable bonds is 5. The number of benzene rings is 1. The molecular formula is C18H26N2O2. The Morgan fingerprint density at radius 3 is 2.95 bits per heavy atom. The molecule has 4 nitrogen and oxygen atoms in total. The van der Waals surface area contributed by atoms with E-state index in [2.05, 4.69) is 34.5 Å². The molecule has 4 heteroatoms. The molecule has 120 valence electrons. The zero-order valence-electron chi connectivity index (χ0n) is 13.2. The van der Waals surface area contributed by atoms with Gasteiger partial charge in [0.15, 0.2) is 0 Å². The van der Waals surface area contributed by atoms with Crippen molar-refractivity contribution in [2.45, 2.75) is 44.2 Å².